The van der Waals surface area contributed by atoms with Gasteiger partial charge in [-0.25, -0.2) is 0 Å². The van der Waals surface area contributed by atoms with Crippen LogP contribution in [-0.4, -0.2) is 18.0 Å². The van der Waals surface area contributed by atoms with Crippen molar-refractivity contribution >= 4 is 0 Å². The molecule has 0 spiro atoms. The van der Waals surface area contributed by atoms with E-state index in [1.54, 1.807) is 0 Å². The smallest absolute Gasteiger partial charge is 0.0205 e. The minimum absolute atomic E-state index is 0.167. The molecular formula is C22H41N. The van der Waals surface area contributed by atoms with E-state index in [4.69, 9.17) is 0 Å². The van der Waals surface area contributed by atoms with Gasteiger partial charge in [0.15, 0.2) is 0 Å². The average molecular weight is 320 g/mol. The van der Waals surface area contributed by atoms with Crippen molar-refractivity contribution in [3.05, 3.63) is 23.9 Å². The molecule has 0 saturated heterocycles. The van der Waals surface area contributed by atoms with Gasteiger partial charge in [-0.15, -0.1) is 0 Å². The molecule has 0 bridgehead atoms. The monoisotopic (exact) mass is 319 g/mol. The Hall–Kier alpha value is -0.720. The Morgan fingerprint density at radius 3 is 2.17 bits per heavy atom. The lowest BCUT2D eigenvalue weighted by Gasteiger charge is -2.40. The molecule has 0 aliphatic heterocycles. The fourth-order valence-electron chi connectivity index (χ4n) is 2.94. The van der Waals surface area contributed by atoms with Gasteiger partial charge in [0, 0.05) is 24.2 Å². The maximum Gasteiger partial charge on any atom is 0.0205 e. The Morgan fingerprint density at radius 2 is 1.74 bits per heavy atom. The van der Waals surface area contributed by atoms with Crippen LogP contribution in [0.4, 0.5) is 0 Å². The summed E-state index contributed by atoms with van der Waals surface area (Å²) >= 11 is 0. The fraction of sp³-hybridized carbons (Fsp3) is 0.818. The number of nitrogens with zero attached hydrogens (tertiary/aromatic N) is 1. The van der Waals surface area contributed by atoms with Crippen LogP contribution in [0.5, 0.6) is 0 Å². The second kappa shape index (κ2) is 7.90. The molecule has 0 aromatic carbocycles. The predicted octanol–water partition coefficient (Wildman–Crippen LogP) is 6.67. The second-order valence-electron chi connectivity index (χ2n) is 9.75. The van der Waals surface area contributed by atoms with Crippen LogP contribution < -0.4 is 0 Å². The standard InChI is InChI=1S/C22H41N/c1-17(2)11-10-14-22(8,9)18(3)15-23(16-20-12-13-20)19(4)21(5,6)7/h11,18,20H,4,10,12-16H2,1-3,5-9H3. The van der Waals surface area contributed by atoms with Crippen molar-refractivity contribution in [1.82, 2.24) is 4.90 Å². The number of rotatable bonds is 9. The van der Waals surface area contributed by atoms with Crippen LogP contribution in [0.3, 0.4) is 0 Å². The molecule has 1 saturated carbocycles. The van der Waals surface area contributed by atoms with Crippen molar-refractivity contribution in [2.45, 2.75) is 81.1 Å². The molecule has 1 nitrogen and oxygen atoms in total. The molecule has 1 heteroatoms. The molecule has 1 rings (SSSR count). The van der Waals surface area contributed by atoms with Crippen LogP contribution >= 0.6 is 0 Å². The van der Waals surface area contributed by atoms with Gasteiger partial charge in [-0.3, -0.25) is 0 Å². The van der Waals surface area contributed by atoms with E-state index in [0.29, 0.717) is 11.3 Å². The van der Waals surface area contributed by atoms with E-state index in [1.807, 2.05) is 0 Å². The van der Waals surface area contributed by atoms with Crippen LogP contribution in [0.25, 0.3) is 0 Å². The van der Waals surface area contributed by atoms with Gasteiger partial charge in [0.25, 0.3) is 0 Å². The third kappa shape index (κ3) is 7.14. The summed E-state index contributed by atoms with van der Waals surface area (Å²) in [5.41, 5.74) is 3.29. The molecule has 0 heterocycles. The molecular weight excluding hydrogens is 278 g/mol. The Morgan fingerprint density at radius 1 is 1.17 bits per heavy atom. The van der Waals surface area contributed by atoms with Crippen LogP contribution in [0.1, 0.15) is 81.1 Å². The average Bonchev–Trinajstić information content (AvgIpc) is 3.19. The molecule has 23 heavy (non-hydrogen) atoms. The molecule has 0 amide bonds. The van der Waals surface area contributed by atoms with Crippen LogP contribution in [0.2, 0.25) is 0 Å². The van der Waals surface area contributed by atoms with Crippen molar-refractivity contribution in [2.75, 3.05) is 13.1 Å². The molecule has 0 N–H and O–H groups in total. The quantitative estimate of drug-likeness (QED) is 0.429. The molecule has 0 aromatic heterocycles. The summed E-state index contributed by atoms with van der Waals surface area (Å²) in [5.74, 6) is 1.58. The Balaban J connectivity index is 2.69. The van der Waals surface area contributed by atoms with Gasteiger partial charge < -0.3 is 4.90 Å². The largest absolute Gasteiger partial charge is 0.374 e. The lowest BCUT2D eigenvalue weighted by molar-refractivity contribution is 0.142. The van der Waals surface area contributed by atoms with Crippen LogP contribution in [-0.2, 0) is 0 Å². The molecule has 1 unspecified atom stereocenters. The number of allylic oxidation sites excluding steroid dienone is 3. The normalized spacial score (nSPS) is 16.9. The highest BCUT2D eigenvalue weighted by molar-refractivity contribution is 5.06. The van der Waals surface area contributed by atoms with Gasteiger partial charge in [-0.2, -0.15) is 0 Å². The van der Waals surface area contributed by atoms with Gasteiger partial charge in [0.2, 0.25) is 0 Å². The lowest BCUT2D eigenvalue weighted by atomic mass is 9.75. The minimum atomic E-state index is 0.167. The summed E-state index contributed by atoms with van der Waals surface area (Å²) in [4.78, 5) is 2.60. The summed E-state index contributed by atoms with van der Waals surface area (Å²) in [5, 5.41) is 0. The van der Waals surface area contributed by atoms with Crippen LogP contribution in [0.15, 0.2) is 23.9 Å². The van der Waals surface area contributed by atoms with Gasteiger partial charge >= 0.3 is 0 Å². The van der Waals surface area contributed by atoms with Gasteiger partial charge in [-0.05, 0) is 56.8 Å². The summed E-state index contributed by atoms with van der Waals surface area (Å²) in [6.07, 6.45) is 7.66. The first-order valence-electron chi connectivity index (χ1n) is 9.51. The van der Waals surface area contributed by atoms with E-state index in [-0.39, 0.29) is 5.41 Å². The first-order chi connectivity index (χ1) is 10.4. The summed E-state index contributed by atoms with van der Waals surface area (Å²) in [6.45, 7) is 25.4. The highest BCUT2D eigenvalue weighted by Gasteiger charge is 2.32. The van der Waals surface area contributed by atoms with E-state index in [9.17, 15) is 0 Å². The van der Waals surface area contributed by atoms with Crippen molar-refractivity contribution in [3.8, 4) is 0 Å². The third-order valence-corrected chi connectivity index (χ3v) is 5.59. The van der Waals surface area contributed by atoms with E-state index in [0.717, 1.165) is 12.5 Å². The molecule has 0 aromatic rings. The molecule has 0 radical (unpaired) electrons. The first kappa shape index (κ1) is 20.3. The maximum atomic E-state index is 4.44. The highest BCUT2D eigenvalue weighted by Crippen LogP contribution is 2.38. The maximum absolute atomic E-state index is 4.44. The van der Waals surface area contributed by atoms with Crippen molar-refractivity contribution < 1.29 is 0 Å². The van der Waals surface area contributed by atoms with Gasteiger partial charge in [-0.1, -0.05) is 59.8 Å². The zero-order chi connectivity index (χ0) is 17.8. The Labute approximate surface area is 146 Å². The van der Waals surface area contributed by atoms with Crippen molar-refractivity contribution in [2.24, 2.45) is 22.7 Å². The zero-order valence-electron chi connectivity index (χ0n) is 17.1. The lowest BCUT2D eigenvalue weighted by Crippen LogP contribution is -2.38. The van der Waals surface area contributed by atoms with Crippen LogP contribution in [0, 0.1) is 22.7 Å². The minimum Gasteiger partial charge on any atom is -0.374 e. The molecule has 134 valence electrons. The highest BCUT2D eigenvalue weighted by atomic mass is 15.2. The van der Waals surface area contributed by atoms with Crippen molar-refractivity contribution in [1.29, 1.82) is 0 Å². The van der Waals surface area contributed by atoms with Crippen molar-refractivity contribution in [3.63, 3.8) is 0 Å². The number of hydrogen-bond acceptors (Lipinski definition) is 1. The summed E-state index contributed by atoms with van der Waals surface area (Å²) < 4.78 is 0. The first-order valence-corrected chi connectivity index (χ1v) is 9.51. The predicted molar refractivity (Wildman–Crippen MR) is 105 cm³/mol. The summed E-state index contributed by atoms with van der Waals surface area (Å²) in [6, 6.07) is 0. The van der Waals surface area contributed by atoms with Gasteiger partial charge in [0.1, 0.15) is 0 Å². The number of hydrogen-bond donors (Lipinski definition) is 0. The fourth-order valence-corrected chi connectivity index (χ4v) is 2.94. The molecule has 1 atom stereocenters. The topological polar surface area (TPSA) is 3.24 Å². The van der Waals surface area contributed by atoms with E-state index in [1.165, 1.54) is 43.5 Å². The van der Waals surface area contributed by atoms with E-state index in [2.05, 4.69) is 72.9 Å². The zero-order valence-corrected chi connectivity index (χ0v) is 17.1. The third-order valence-electron chi connectivity index (χ3n) is 5.59. The van der Waals surface area contributed by atoms with E-state index < -0.39 is 0 Å². The SMILES string of the molecule is C=C(N(CC1CC1)CC(C)C(C)(C)CCC=C(C)C)C(C)(C)C. The second-order valence-corrected chi connectivity index (χ2v) is 9.75. The summed E-state index contributed by atoms with van der Waals surface area (Å²) in [7, 11) is 0. The van der Waals surface area contributed by atoms with Gasteiger partial charge in [0.05, 0.1) is 0 Å². The molecule has 1 aliphatic rings. The molecule has 1 fully saturated rings. The Bertz CT molecular complexity index is 414. The Kier molecular flexibility index (Phi) is 6.98. The molecule has 1 aliphatic carbocycles. The van der Waals surface area contributed by atoms with E-state index >= 15 is 0 Å².